The quantitative estimate of drug-likeness (QED) is 0.867. The van der Waals surface area contributed by atoms with E-state index in [2.05, 4.69) is 21.6 Å². The van der Waals surface area contributed by atoms with Crippen molar-refractivity contribution in [3.63, 3.8) is 0 Å². The SMILES string of the molecule is O=C1Nc2ccccc2CN(Cc2ccc(Cl)cc2)C12CCNCC2. The molecule has 1 spiro atoms. The first-order valence-electron chi connectivity index (χ1n) is 8.77. The largest absolute Gasteiger partial charge is 0.324 e. The molecule has 0 radical (unpaired) electrons. The standard InChI is InChI=1S/C20H22ClN3O/c21-17-7-5-15(6-8-17)13-24-14-16-3-1-2-4-18(16)23-19(25)20(24)9-11-22-12-10-20/h1-8,22H,9-14H2,(H,23,25). The summed E-state index contributed by atoms with van der Waals surface area (Å²) in [6, 6.07) is 16.0. The molecule has 2 aliphatic rings. The number of piperidine rings is 1. The summed E-state index contributed by atoms with van der Waals surface area (Å²) in [4.78, 5) is 15.6. The summed E-state index contributed by atoms with van der Waals surface area (Å²) >= 11 is 6.03. The molecular formula is C20H22ClN3O. The van der Waals surface area contributed by atoms with Gasteiger partial charge < -0.3 is 10.6 Å². The molecule has 2 N–H and O–H groups in total. The first-order chi connectivity index (χ1) is 12.2. The minimum Gasteiger partial charge on any atom is -0.324 e. The predicted molar refractivity (Wildman–Crippen MR) is 101 cm³/mol. The van der Waals surface area contributed by atoms with E-state index in [1.54, 1.807) is 0 Å². The van der Waals surface area contributed by atoms with Crippen LogP contribution in [0.2, 0.25) is 5.02 Å². The lowest BCUT2D eigenvalue weighted by Crippen LogP contribution is -2.59. The molecule has 5 heteroatoms. The Morgan fingerprint density at radius 1 is 1.04 bits per heavy atom. The summed E-state index contributed by atoms with van der Waals surface area (Å²) in [6.07, 6.45) is 1.64. The Labute approximate surface area is 153 Å². The van der Waals surface area contributed by atoms with Crippen molar-refractivity contribution in [3.05, 3.63) is 64.7 Å². The van der Waals surface area contributed by atoms with E-state index >= 15 is 0 Å². The van der Waals surface area contributed by atoms with Gasteiger partial charge in [0.1, 0.15) is 5.54 Å². The highest BCUT2D eigenvalue weighted by atomic mass is 35.5. The maximum atomic E-state index is 13.2. The number of rotatable bonds is 2. The molecular weight excluding hydrogens is 334 g/mol. The van der Waals surface area contributed by atoms with Gasteiger partial charge >= 0.3 is 0 Å². The molecule has 130 valence electrons. The van der Waals surface area contributed by atoms with E-state index in [1.165, 1.54) is 11.1 Å². The maximum absolute atomic E-state index is 13.2. The number of nitrogens with zero attached hydrogens (tertiary/aromatic N) is 1. The monoisotopic (exact) mass is 355 g/mol. The molecule has 1 fully saturated rings. The number of nitrogens with one attached hydrogen (secondary N) is 2. The zero-order chi connectivity index (χ0) is 17.3. The fourth-order valence-corrected chi connectivity index (χ4v) is 4.05. The molecule has 25 heavy (non-hydrogen) atoms. The molecule has 0 aromatic heterocycles. The highest BCUT2D eigenvalue weighted by Crippen LogP contribution is 2.35. The number of hydrogen-bond donors (Lipinski definition) is 2. The van der Waals surface area contributed by atoms with Gasteiger partial charge in [0.15, 0.2) is 0 Å². The third-order valence-electron chi connectivity index (χ3n) is 5.37. The normalized spacial score (nSPS) is 20.0. The Morgan fingerprint density at radius 2 is 1.76 bits per heavy atom. The summed E-state index contributed by atoms with van der Waals surface area (Å²) in [5, 5.41) is 7.30. The van der Waals surface area contributed by atoms with E-state index in [0.717, 1.165) is 49.7 Å². The Bertz CT molecular complexity index is 769. The van der Waals surface area contributed by atoms with Crippen LogP contribution in [0.15, 0.2) is 48.5 Å². The number of halogens is 1. The van der Waals surface area contributed by atoms with Crippen LogP contribution in [-0.2, 0) is 17.9 Å². The van der Waals surface area contributed by atoms with E-state index < -0.39 is 5.54 Å². The number of hydrogen-bond acceptors (Lipinski definition) is 3. The summed E-state index contributed by atoms with van der Waals surface area (Å²) in [7, 11) is 0. The van der Waals surface area contributed by atoms with Crippen molar-refractivity contribution in [2.45, 2.75) is 31.5 Å². The molecule has 2 aromatic rings. The number of para-hydroxylation sites is 1. The Morgan fingerprint density at radius 3 is 2.52 bits per heavy atom. The summed E-state index contributed by atoms with van der Waals surface area (Å²) in [5.41, 5.74) is 2.81. The van der Waals surface area contributed by atoms with Crippen LogP contribution in [0.3, 0.4) is 0 Å². The van der Waals surface area contributed by atoms with E-state index in [-0.39, 0.29) is 5.91 Å². The second-order valence-electron chi connectivity index (χ2n) is 6.88. The molecule has 0 unspecified atom stereocenters. The molecule has 0 atom stereocenters. The van der Waals surface area contributed by atoms with Crippen molar-refractivity contribution in [3.8, 4) is 0 Å². The molecule has 0 saturated carbocycles. The van der Waals surface area contributed by atoms with Gasteiger partial charge in [-0.25, -0.2) is 0 Å². The maximum Gasteiger partial charge on any atom is 0.245 e. The van der Waals surface area contributed by atoms with Gasteiger partial charge in [0.25, 0.3) is 0 Å². The van der Waals surface area contributed by atoms with Gasteiger partial charge in [-0.2, -0.15) is 0 Å². The lowest BCUT2D eigenvalue weighted by molar-refractivity contribution is -0.130. The number of fused-ring (bicyclic) bond motifs is 1. The third kappa shape index (κ3) is 3.17. The Kier molecular flexibility index (Phi) is 4.50. The first kappa shape index (κ1) is 16.6. The molecule has 2 heterocycles. The molecule has 2 aromatic carbocycles. The minimum absolute atomic E-state index is 0.118. The van der Waals surface area contributed by atoms with Crippen molar-refractivity contribution < 1.29 is 4.79 Å². The van der Waals surface area contributed by atoms with Crippen LogP contribution in [0, 0.1) is 0 Å². The van der Waals surface area contributed by atoms with Crippen LogP contribution < -0.4 is 10.6 Å². The fraction of sp³-hybridized carbons (Fsp3) is 0.350. The Balaban J connectivity index is 1.72. The lowest BCUT2D eigenvalue weighted by atomic mass is 9.85. The second kappa shape index (κ2) is 6.79. The van der Waals surface area contributed by atoms with Crippen molar-refractivity contribution in [1.82, 2.24) is 10.2 Å². The van der Waals surface area contributed by atoms with Crippen LogP contribution in [0.5, 0.6) is 0 Å². The van der Waals surface area contributed by atoms with Gasteiger partial charge in [-0.05, 0) is 55.3 Å². The minimum atomic E-state index is -0.468. The third-order valence-corrected chi connectivity index (χ3v) is 5.62. The first-order valence-corrected chi connectivity index (χ1v) is 9.15. The lowest BCUT2D eigenvalue weighted by Gasteiger charge is -2.44. The van der Waals surface area contributed by atoms with Crippen LogP contribution >= 0.6 is 11.6 Å². The summed E-state index contributed by atoms with van der Waals surface area (Å²) in [5.74, 6) is 0.118. The highest BCUT2D eigenvalue weighted by Gasteiger charge is 2.46. The average Bonchev–Trinajstić information content (AvgIpc) is 2.74. The summed E-state index contributed by atoms with van der Waals surface area (Å²) < 4.78 is 0. The molecule has 4 nitrogen and oxygen atoms in total. The number of carbonyl (C=O) groups excluding carboxylic acids is 1. The molecule has 0 bridgehead atoms. The van der Waals surface area contributed by atoms with Crippen molar-refractivity contribution in [1.29, 1.82) is 0 Å². The van der Waals surface area contributed by atoms with Crippen molar-refractivity contribution >= 4 is 23.2 Å². The molecule has 1 amide bonds. The predicted octanol–water partition coefficient (Wildman–Crippen LogP) is 3.42. The molecule has 2 aliphatic heterocycles. The van der Waals surface area contributed by atoms with Gasteiger partial charge in [0.05, 0.1) is 0 Å². The number of carbonyl (C=O) groups is 1. The summed E-state index contributed by atoms with van der Waals surface area (Å²) in [6.45, 7) is 3.22. The van der Waals surface area contributed by atoms with Gasteiger partial charge in [-0.1, -0.05) is 41.9 Å². The smallest absolute Gasteiger partial charge is 0.245 e. The number of amides is 1. The van der Waals surface area contributed by atoms with Gasteiger partial charge in [-0.15, -0.1) is 0 Å². The number of anilines is 1. The number of benzene rings is 2. The van der Waals surface area contributed by atoms with Crippen LogP contribution in [0.1, 0.15) is 24.0 Å². The zero-order valence-electron chi connectivity index (χ0n) is 14.1. The van der Waals surface area contributed by atoms with E-state index in [0.29, 0.717) is 0 Å². The van der Waals surface area contributed by atoms with E-state index in [4.69, 9.17) is 11.6 Å². The van der Waals surface area contributed by atoms with E-state index in [9.17, 15) is 4.79 Å². The molecule has 0 aliphatic carbocycles. The molecule has 4 rings (SSSR count). The van der Waals surface area contributed by atoms with Gasteiger partial charge in [0.2, 0.25) is 5.91 Å². The van der Waals surface area contributed by atoms with Gasteiger partial charge in [-0.3, -0.25) is 9.69 Å². The topological polar surface area (TPSA) is 44.4 Å². The Hall–Kier alpha value is -1.88. The second-order valence-corrected chi connectivity index (χ2v) is 7.31. The van der Waals surface area contributed by atoms with Crippen LogP contribution in [0.4, 0.5) is 5.69 Å². The average molecular weight is 356 g/mol. The van der Waals surface area contributed by atoms with Crippen LogP contribution in [0.25, 0.3) is 0 Å². The fourth-order valence-electron chi connectivity index (χ4n) is 3.92. The van der Waals surface area contributed by atoms with Crippen molar-refractivity contribution in [2.75, 3.05) is 18.4 Å². The van der Waals surface area contributed by atoms with Gasteiger partial charge in [0, 0.05) is 23.8 Å². The van der Waals surface area contributed by atoms with Crippen LogP contribution in [-0.4, -0.2) is 29.4 Å². The van der Waals surface area contributed by atoms with Crippen molar-refractivity contribution in [2.24, 2.45) is 0 Å². The highest BCUT2D eigenvalue weighted by molar-refractivity contribution is 6.30. The van der Waals surface area contributed by atoms with E-state index in [1.807, 2.05) is 42.5 Å². The molecule has 1 saturated heterocycles. The zero-order valence-corrected chi connectivity index (χ0v) is 14.9.